The summed E-state index contributed by atoms with van der Waals surface area (Å²) < 4.78 is 20.0. The number of anilines is 1. The third kappa shape index (κ3) is 6.16. The minimum absolute atomic E-state index is 0.0378. The summed E-state index contributed by atoms with van der Waals surface area (Å²) in [5.74, 6) is -1.63. The van der Waals surface area contributed by atoms with Gasteiger partial charge in [-0.1, -0.05) is 30.3 Å². The lowest BCUT2D eigenvalue weighted by atomic mass is 10.2. The predicted molar refractivity (Wildman–Crippen MR) is 135 cm³/mol. The SMILES string of the molecule is O=C(CN1C(=O)N/C(=C/c2ccc(OCc3cccc([N+](=O)[O-])c3)c(Br)c2)C1=O)Nc1ccccc1F. The highest BCUT2D eigenvalue weighted by Gasteiger charge is 2.35. The van der Waals surface area contributed by atoms with Gasteiger partial charge >= 0.3 is 6.03 Å². The zero-order chi connectivity index (χ0) is 26.5. The molecule has 1 heterocycles. The fraction of sp³-hybridized carbons (Fsp3) is 0.0800. The highest BCUT2D eigenvalue weighted by atomic mass is 79.9. The Kier molecular flexibility index (Phi) is 7.58. The average molecular weight is 569 g/mol. The van der Waals surface area contributed by atoms with Crippen LogP contribution in [0, 0.1) is 15.9 Å². The second kappa shape index (κ2) is 11.0. The summed E-state index contributed by atoms with van der Waals surface area (Å²) in [6, 6.07) is 15.8. The first-order chi connectivity index (χ1) is 17.7. The van der Waals surface area contributed by atoms with Gasteiger partial charge in [-0.25, -0.2) is 14.1 Å². The van der Waals surface area contributed by atoms with Gasteiger partial charge in [0.1, 0.15) is 30.4 Å². The van der Waals surface area contributed by atoms with Gasteiger partial charge in [0.15, 0.2) is 0 Å². The zero-order valence-corrected chi connectivity index (χ0v) is 20.5. The second-order valence-electron chi connectivity index (χ2n) is 7.81. The second-order valence-corrected chi connectivity index (χ2v) is 8.67. The van der Waals surface area contributed by atoms with Crippen LogP contribution in [0.25, 0.3) is 6.08 Å². The molecule has 2 N–H and O–H groups in total. The minimum Gasteiger partial charge on any atom is -0.488 e. The van der Waals surface area contributed by atoms with Crippen LogP contribution in [-0.2, 0) is 16.2 Å². The Hall–Kier alpha value is -4.58. The van der Waals surface area contributed by atoms with Gasteiger partial charge in [-0.2, -0.15) is 0 Å². The molecule has 1 aliphatic rings. The number of urea groups is 1. The molecule has 0 aromatic heterocycles. The van der Waals surface area contributed by atoms with E-state index in [-0.39, 0.29) is 23.7 Å². The molecule has 37 heavy (non-hydrogen) atoms. The number of nitro groups is 1. The molecule has 12 heteroatoms. The van der Waals surface area contributed by atoms with Gasteiger partial charge < -0.3 is 15.4 Å². The van der Waals surface area contributed by atoms with Gasteiger partial charge in [-0.3, -0.25) is 19.7 Å². The highest BCUT2D eigenvalue weighted by molar-refractivity contribution is 9.10. The van der Waals surface area contributed by atoms with Crippen LogP contribution in [0.3, 0.4) is 0 Å². The van der Waals surface area contributed by atoms with E-state index in [1.807, 2.05) is 0 Å². The molecule has 3 aromatic carbocycles. The Morgan fingerprint density at radius 2 is 1.92 bits per heavy atom. The molecular weight excluding hydrogens is 551 g/mol. The molecule has 188 valence electrons. The quantitative estimate of drug-likeness (QED) is 0.176. The zero-order valence-electron chi connectivity index (χ0n) is 18.9. The smallest absolute Gasteiger partial charge is 0.329 e. The van der Waals surface area contributed by atoms with Crippen molar-refractivity contribution in [2.75, 3.05) is 11.9 Å². The lowest BCUT2D eigenvalue weighted by Crippen LogP contribution is -2.38. The van der Waals surface area contributed by atoms with Crippen LogP contribution >= 0.6 is 15.9 Å². The van der Waals surface area contributed by atoms with E-state index in [1.54, 1.807) is 30.3 Å². The van der Waals surface area contributed by atoms with E-state index in [0.29, 0.717) is 26.2 Å². The molecule has 4 amide bonds. The largest absolute Gasteiger partial charge is 0.488 e. The number of non-ortho nitro benzene ring substituents is 1. The van der Waals surface area contributed by atoms with Gasteiger partial charge in [0, 0.05) is 12.1 Å². The maximum atomic E-state index is 13.7. The molecule has 4 rings (SSSR count). The molecule has 0 unspecified atom stereocenters. The molecule has 0 bridgehead atoms. The first-order valence-corrected chi connectivity index (χ1v) is 11.5. The van der Waals surface area contributed by atoms with Crippen molar-refractivity contribution < 1.29 is 28.4 Å². The van der Waals surface area contributed by atoms with E-state index in [0.717, 1.165) is 0 Å². The first-order valence-electron chi connectivity index (χ1n) is 10.8. The van der Waals surface area contributed by atoms with Crippen molar-refractivity contribution >= 4 is 51.2 Å². The van der Waals surface area contributed by atoms with Crippen molar-refractivity contribution in [1.29, 1.82) is 0 Å². The molecule has 1 saturated heterocycles. The standard InChI is InChI=1S/C25H18BrFN4O6/c26-18-11-15(8-9-22(18)37-14-16-4-3-5-17(10-16)31(35)36)12-21-24(33)30(25(34)29-21)13-23(32)28-20-7-2-1-6-19(20)27/h1-12H,13-14H2,(H,28,32)(H,29,34)/b21-12+. The van der Waals surface area contributed by atoms with Gasteiger partial charge in [0.2, 0.25) is 5.91 Å². The number of para-hydroxylation sites is 1. The first kappa shape index (κ1) is 25.5. The van der Waals surface area contributed by atoms with Gasteiger partial charge in [0.25, 0.3) is 11.6 Å². The minimum atomic E-state index is -0.782. The fourth-order valence-electron chi connectivity index (χ4n) is 3.42. The number of imide groups is 1. The van der Waals surface area contributed by atoms with Crippen molar-refractivity contribution in [2.24, 2.45) is 0 Å². The van der Waals surface area contributed by atoms with E-state index in [9.17, 15) is 28.9 Å². The lowest BCUT2D eigenvalue weighted by molar-refractivity contribution is -0.384. The maximum Gasteiger partial charge on any atom is 0.329 e. The Labute approximate surface area is 218 Å². The third-order valence-electron chi connectivity index (χ3n) is 5.19. The molecular formula is C25H18BrFN4O6. The number of nitrogens with one attached hydrogen (secondary N) is 2. The average Bonchev–Trinajstić information content (AvgIpc) is 3.12. The number of amides is 4. The van der Waals surface area contributed by atoms with Crippen LogP contribution in [0.1, 0.15) is 11.1 Å². The Balaban J connectivity index is 1.40. The van der Waals surface area contributed by atoms with Crippen LogP contribution < -0.4 is 15.4 Å². The van der Waals surface area contributed by atoms with E-state index >= 15 is 0 Å². The van der Waals surface area contributed by atoms with E-state index < -0.39 is 35.1 Å². The van der Waals surface area contributed by atoms with Crippen LogP contribution in [0.4, 0.5) is 20.6 Å². The van der Waals surface area contributed by atoms with E-state index in [4.69, 9.17) is 4.74 Å². The molecule has 0 saturated carbocycles. The van der Waals surface area contributed by atoms with Crippen molar-refractivity contribution in [1.82, 2.24) is 10.2 Å². The maximum absolute atomic E-state index is 13.7. The van der Waals surface area contributed by atoms with Crippen LogP contribution in [0.2, 0.25) is 0 Å². The molecule has 0 radical (unpaired) electrons. The monoisotopic (exact) mass is 568 g/mol. The lowest BCUT2D eigenvalue weighted by Gasteiger charge is -2.12. The van der Waals surface area contributed by atoms with Crippen molar-refractivity contribution in [2.45, 2.75) is 6.61 Å². The van der Waals surface area contributed by atoms with Crippen molar-refractivity contribution in [3.8, 4) is 5.75 Å². The van der Waals surface area contributed by atoms with Gasteiger partial charge in [-0.05, 0) is 57.4 Å². The van der Waals surface area contributed by atoms with Crippen molar-refractivity contribution in [3.63, 3.8) is 0 Å². The number of carbonyl (C=O) groups is 3. The summed E-state index contributed by atoms with van der Waals surface area (Å²) in [5.41, 5.74) is 1.03. The number of hydrogen-bond donors (Lipinski definition) is 2. The number of ether oxygens (including phenoxy) is 1. The van der Waals surface area contributed by atoms with Crippen LogP contribution in [-0.4, -0.2) is 34.2 Å². The molecule has 0 atom stereocenters. The summed E-state index contributed by atoms with van der Waals surface area (Å²) in [6.45, 7) is -0.496. The number of hydrogen-bond acceptors (Lipinski definition) is 6. The van der Waals surface area contributed by atoms with Gasteiger partial charge in [-0.15, -0.1) is 0 Å². The summed E-state index contributed by atoms with van der Waals surface area (Å²) in [4.78, 5) is 48.4. The summed E-state index contributed by atoms with van der Waals surface area (Å²) in [5, 5.41) is 15.7. The molecule has 10 nitrogen and oxygen atoms in total. The van der Waals surface area contributed by atoms with Crippen LogP contribution in [0.5, 0.6) is 5.75 Å². The normalized spacial score (nSPS) is 14.0. The highest BCUT2D eigenvalue weighted by Crippen LogP contribution is 2.28. The molecule has 0 spiro atoms. The Morgan fingerprint density at radius 3 is 2.65 bits per heavy atom. The number of nitro benzene ring substituents is 1. The summed E-state index contributed by atoms with van der Waals surface area (Å²) in [6.07, 6.45) is 1.43. The topological polar surface area (TPSA) is 131 Å². The summed E-state index contributed by atoms with van der Waals surface area (Å²) in [7, 11) is 0. The molecule has 0 aliphatic carbocycles. The third-order valence-corrected chi connectivity index (χ3v) is 5.81. The van der Waals surface area contributed by atoms with Crippen LogP contribution in [0.15, 0.2) is 76.9 Å². The Morgan fingerprint density at radius 1 is 1.14 bits per heavy atom. The summed E-state index contributed by atoms with van der Waals surface area (Å²) >= 11 is 3.39. The van der Waals surface area contributed by atoms with E-state index in [1.165, 1.54) is 42.5 Å². The van der Waals surface area contributed by atoms with E-state index in [2.05, 4.69) is 26.6 Å². The molecule has 1 aliphatic heterocycles. The Bertz CT molecular complexity index is 1440. The molecule has 3 aromatic rings. The van der Waals surface area contributed by atoms with Crippen molar-refractivity contribution in [3.05, 3.63) is 104 Å². The number of rotatable bonds is 8. The fourth-order valence-corrected chi connectivity index (χ4v) is 3.93. The number of nitrogens with zero attached hydrogens (tertiary/aromatic N) is 2. The number of carbonyl (C=O) groups excluding carboxylic acids is 3. The number of benzene rings is 3. The predicted octanol–water partition coefficient (Wildman–Crippen LogP) is 4.61. The molecule has 1 fully saturated rings. The van der Waals surface area contributed by atoms with Gasteiger partial charge in [0.05, 0.1) is 15.1 Å². The number of halogens is 2.